The minimum absolute atomic E-state index is 0.00761. The predicted octanol–water partition coefficient (Wildman–Crippen LogP) is 2.60. The summed E-state index contributed by atoms with van der Waals surface area (Å²) in [7, 11) is 0. The fourth-order valence-electron chi connectivity index (χ4n) is 5.06. The summed E-state index contributed by atoms with van der Waals surface area (Å²) in [5, 5.41) is 8.71. The Labute approximate surface area is 226 Å². The summed E-state index contributed by atoms with van der Waals surface area (Å²) in [6, 6.07) is 7.37. The second kappa shape index (κ2) is 12.7. The minimum Gasteiger partial charge on any atom is -0.367 e. The monoisotopic (exact) mass is 547 g/mol. The molecule has 12 heteroatoms. The van der Waals surface area contributed by atoms with Gasteiger partial charge >= 0.3 is 6.18 Å². The van der Waals surface area contributed by atoms with Gasteiger partial charge in [0.2, 0.25) is 5.91 Å². The Kier molecular flexibility index (Phi) is 9.39. The van der Waals surface area contributed by atoms with E-state index in [1.165, 1.54) is 23.5 Å². The van der Waals surface area contributed by atoms with Gasteiger partial charge in [-0.15, -0.1) is 0 Å². The van der Waals surface area contributed by atoms with Gasteiger partial charge in [-0.25, -0.2) is 9.97 Å². The van der Waals surface area contributed by atoms with Crippen LogP contribution in [0.2, 0.25) is 0 Å². The highest BCUT2D eigenvalue weighted by atomic mass is 19.4. The largest absolute Gasteiger partial charge is 0.403 e. The number of anilines is 1. The summed E-state index contributed by atoms with van der Waals surface area (Å²) in [6.07, 6.45) is -0.763. The number of carbonyl (C=O) groups is 2. The fraction of sp³-hybridized carbons (Fsp3) is 0.556. The average molecular weight is 548 g/mol. The first-order valence-electron chi connectivity index (χ1n) is 13.3. The summed E-state index contributed by atoms with van der Waals surface area (Å²) in [6.45, 7) is 5.68. The van der Waals surface area contributed by atoms with Crippen molar-refractivity contribution in [1.29, 1.82) is 0 Å². The lowest BCUT2D eigenvalue weighted by molar-refractivity contribution is -0.153. The maximum Gasteiger partial charge on any atom is 0.403 e. The van der Waals surface area contributed by atoms with Crippen molar-refractivity contribution in [2.24, 2.45) is 0 Å². The quantitative estimate of drug-likeness (QED) is 0.444. The molecule has 212 valence electrons. The molecular weight excluding hydrogens is 511 g/mol. The van der Waals surface area contributed by atoms with Gasteiger partial charge in [-0.1, -0.05) is 24.3 Å². The topological polar surface area (TPSA) is 102 Å². The Morgan fingerprint density at radius 1 is 1.10 bits per heavy atom. The van der Waals surface area contributed by atoms with Crippen LogP contribution in [0.5, 0.6) is 0 Å². The number of nitrogens with one attached hydrogen (secondary N) is 3. The molecule has 0 radical (unpaired) electrons. The molecule has 3 N–H and O–H groups in total. The molecule has 0 spiro atoms. The van der Waals surface area contributed by atoms with E-state index in [9.17, 15) is 22.8 Å². The summed E-state index contributed by atoms with van der Waals surface area (Å²) < 4.78 is 40.0. The van der Waals surface area contributed by atoms with Gasteiger partial charge < -0.3 is 20.9 Å². The predicted molar refractivity (Wildman–Crippen MR) is 141 cm³/mol. The minimum atomic E-state index is -4.40. The summed E-state index contributed by atoms with van der Waals surface area (Å²) in [5.74, 6) is 0.0584. The van der Waals surface area contributed by atoms with Crippen molar-refractivity contribution in [1.82, 2.24) is 30.4 Å². The zero-order valence-electron chi connectivity index (χ0n) is 22.3. The van der Waals surface area contributed by atoms with Gasteiger partial charge in [0.15, 0.2) is 0 Å². The van der Waals surface area contributed by atoms with E-state index in [1.54, 1.807) is 11.8 Å². The van der Waals surface area contributed by atoms with Crippen LogP contribution < -0.4 is 16.0 Å². The van der Waals surface area contributed by atoms with Crippen molar-refractivity contribution in [3.8, 4) is 0 Å². The van der Waals surface area contributed by atoms with Crippen LogP contribution in [-0.2, 0) is 17.8 Å². The highest BCUT2D eigenvalue weighted by Crippen LogP contribution is 2.22. The summed E-state index contributed by atoms with van der Waals surface area (Å²) in [4.78, 5) is 36.6. The van der Waals surface area contributed by atoms with Crippen molar-refractivity contribution >= 4 is 17.6 Å². The smallest absolute Gasteiger partial charge is 0.367 e. The molecular formula is C27H36F3N7O2. The third-order valence-electron chi connectivity index (χ3n) is 7.37. The maximum atomic E-state index is 13.3. The van der Waals surface area contributed by atoms with E-state index >= 15 is 0 Å². The van der Waals surface area contributed by atoms with Gasteiger partial charge in [0.1, 0.15) is 23.9 Å². The van der Waals surface area contributed by atoms with Crippen LogP contribution in [0.4, 0.5) is 19.0 Å². The van der Waals surface area contributed by atoms with Gasteiger partial charge in [-0.05, 0) is 37.3 Å². The Bertz CT molecular complexity index is 1140. The van der Waals surface area contributed by atoms with Crippen molar-refractivity contribution in [2.75, 3.05) is 38.0 Å². The molecule has 2 aliphatic heterocycles. The van der Waals surface area contributed by atoms with E-state index in [0.717, 1.165) is 32.7 Å². The SMILES string of the molecule is CC(=O)N1CCC(Nc2cc(C(=O)NCC(CN3CCc4ccccc4C3)NC(C)C(F)(F)F)ncn2)CC1. The molecule has 1 fully saturated rings. The molecule has 2 unspecified atom stereocenters. The maximum absolute atomic E-state index is 13.3. The van der Waals surface area contributed by atoms with Gasteiger partial charge in [-0.2, -0.15) is 13.2 Å². The van der Waals surface area contributed by atoms with Crippen molar-refractivity contribution < 1.29 is 22.8 Å². The van der Waals surface area contributed by atoms with Crippen molar-refractivity contribution in [3.05, 3.63) is 53.5 Å². The Morgan fingerprint density at radius 3 is 2.51 bits per heavy atom. The Balaban J connectivity index is 1.35. The van der Waals surface area contributed by atoms with Crippen LogP contribution in [-0.4, -0.2) is 88.6 Å². The van der Waals surface area contributed by atoms with Crippen LogP contribution in [0.3, 0.4) is 0 Å². The van der Waals surface area contributed by atoms with E-state index in [0.29, 0.717) is 32.0 Å². The lowest BCUT2D eigenvalue weighted by Crippen LogP contribution is -2.54. The molecule has 0 aliphatic carbocycles. The Morgan fingerprint density at radius 2 is 1.82 bits per heavy atom. The number of benzene rings is 1. The third-order valence-corrected chi connectivity index (χ3v) is 7.37. The standard InChI is InChI=1S/C27H36F3N7O2/c1-18(27(28,29)30)34-23(16-36-10-7-20-5-3-4-6-21(20)15-36)14-31-26(39)24-13-25(33-17-32-24)35-22-8-11-37(12-9-22)19(2)38/h3-6,13,17-18,22-23,34H,7-12,14-16H2,1-2H3,(H,31,39)(H,32,33,35). The zero-order valence-corrected chi connectivity index (χ0v) is 22.3. The number of carbonyl (C=O) groups excluding carboxylic acids is 2. The number of alkyl halides is 3. The van der Waals surface area contributed by atoms with E-state index in [1.807, 2.05) is 18.2 Å². The van der Waals surface area contributed by atoms with Crippen molar-refractivity contribution in [2.45, 2.75) is 64.0 Å². The highest BCUT2D eigenvalue weighted by Gasteiger charge is 2.37. The molecule has 3 heterocycles. The van der Waals surface area contributed by atoms with Crippen LogP contribution in [0, 0.1) is 0 Å². The number of amides is 2. The lowest BCUT2D eigenvalue weighted by Gasteiger charge is -2.33. The van der Waals surface area contributed by atoms with E-state index in [-0.39, 0.29) is 24.2 Å². The molecule has 9 nitrogen and oxygen atoms in total. The molecule has 4 rings (SSSR count). The molecule has 1 aromatic carbocycles. The first-order valence-corrected chi connectivity index (χ1v) is 13.3. The van der Waals surface area contributed by atoms with Crippen LogP contribution in [0.15, 0.2) is 36.7 Å². The average Bonchev–Trinajstić information content (AvgIpc) is 2.91. The number of piperidine rings is 1. The number of halogens is 3. The Hall–Kier alpha value is -3.25. The van der Waals surface area contributed by atoms with E-state index in [4.69, 9.17) is 0 Å². The van der Waals surface area contributed by atoms with Gasteiger partial charge in [0, 0.05) is 64.3 Å². The molecule has 2 aromatic rings. The van der Waals surface area contributed by atoms with E-state index in [2.05, 4.69) is 36.9 Å². The molecule has 39 heavy (non-hydrogen) atoms. The zero-order chi connectivity index (χ0) is 28.0. The molecule has 0 saturated carbocycles. The second-order valence-corrected chi connectivity index (χ2v) is 10.3. The van der Waals surface area contributed by atoms with Crippen LogP contribution in [0.1, 0.15) is 48.3 Å². The second-order valence-electron chi connectivity index (χ2n) is 10.3. The molecule has 1 saturated heterocycles. The van der Waals surface area contributed by atoms with Gasteiger partial charge in [0.05, 0.1) is 0 Å². The molecule has 2 amide bonds. The number of aromatic nitrogens is 2. The number of rotatable bonds is 9. The van der Waals surface area contributed by atoms with Gasteiger partial charge in [0.25, 0.3) is 5.91 Å². The first-order chi connectivity index (χ1) is 18.6. The lowest BCUT2D eigenvalue weighted by atomic mass is 9.99. The normalized spacial score (nSPS) is 18.2. The summed E-state index contributed by atoms with van der Waals surface area (Å²) >= 11 is 0. The molecule has 1 aromatic heterocycles. The fourth-order valence-corrected chi connectivity index (χ4v) is 5.06. The summed E-state index contributed by atoms with van der Waals surface area (Å²) in [5.41, 5.74) is 2.55. The van der Waals surface area contributed by atoms with E-state index < -0.39 is 24.2 Å². The van der Waals surface area contributed by atoms with Crippen LogP contribution in [0.25, 0.3) is 0 Å². The number of likely N-dealkylation sites (tertiary alicyclic amines) is 1. The van der Waals surface area contributed by atoms with Crippen LogP contribution >= 0.6 is 0 Å². The third kappa shape index (κ3) is 8.12. The number of fused-ring (bicyclic) bond motifs is 1. The molecule has 2 aliphatic rings. The highest BCUT2D eigenvalue weighted by molar-refractivity contribution is 5.92. The number of hydrogen-bond acceptors (Lipinski definition) is 7. The van der Waals surface area contributed by atoms with Gasteiger partial charge in [-0.3, -0.25) is 14.5 Å². The first kappa shape index (κ1) is 28.8. The number of hydrogen-bond donors (Lipinski definition) is 3. The number of nitrogens with zero attached hydrogens (tertiary/aromatic N) is 4. The van der Waals surface area contributed by atoms with Crippen molar-refractivity contribution in [3.63, 3.8) is 0 Å². The molecule has 2 atom stereocenters. The molecule has 0 bridgehead atoms.